The molecule has 0 aliphatic rings. The molecule has 1 heterocycles. The number of amides is 1. The number of carbonyl (C=O) groups is 3. The van der Waals surface area contributed by atoms with Gasteiger partial charge in [0.15, 0.2) is 0 Å². The van der Waals surface area contributed by atoms with E-state index in [1.54, 1.807) is 0 Å². The zero-order valence-corrected chi connectivity index (χ0v) is 8.75. The maximum Gasteiger partial charge on any atom is 0.326 e. The maximum atomic E-state index is 11.5. The fourth-order valence-electron chi connectivity index (χ4n) is 1.16. The first-order valence-corrected chi connectivity index (χ1v) is 4.78. The van der Waals surface area contributed by atoms with Crippen LogP contribution in [0.4, 0.5) is 0 Å². The molecule has 7 nitrogen and oxygen atoms in total. The standard InChI is InChI=1S/C10H11NO6/c12-8(13)2-1-7(10(15)16)11-9(14)6-3-4-17-5-6/h3-5,7H,1-2H2,(H,11,14)(H,12,13)(H,15,16). The van der Waals surface area contributed by atoms with E-state index in [0.29, 0.717) is 0 Å². The van der Waals surface area contributed by atoms with Crippen LogP contribution in [-0.4, -0.2) is 34.1 Å². The number of nitrogens with one attached hydrogen (secondary N) is 1. The van der Waals surface area contributed by atoms with Crippen LogP contribution in [0.25, 0.3) is 0 Å². The normalized spacial score (nSPS) is 11.8. The first-order valence-electron chi connectivity index (χ1n) is 4.78. The molecular formula is C10H11NO6. The lowest BCUT2D eigenvalue weighted by molar-refractivity contribution is -0.140. The monoisotopic (exact) mass is 241 g/mol. The Balaban J connectivity index is 2.58. The molecule has 17 heavy (non-hydrogen) atoms. The highest BCUT2D eigenvalue weighted by Gasteiger charge is 2.21. The first kappa shape index (κ1) is 12.8. The summed E-state index contributed by atoms with van der Waals surface area (Å²) in [5.74, 6) is -3.01. The quantitative estimate of drug-likeness (QED) is 0.660. The molecule has 0 fully saturated rings. The van der Waals surface area contributed by atoms with Gasteiger partial charge in [0.2, 0.25) is 0 Å². The molecule has 1 aromatic heterocycles. The molecule has 0 saturated carbocycles. The summed E-state index contributed by atoms with van der Waals surface area (Å²) < 4.78 is 4.67. The average Bonchev–Trinajstić information content (AvgIpc) is 2.76. The lowest BCUT2D eigenvalue weighted by Gasteiger charge is -2.12. The lowest BCUT2D eigenvalue weighted by atomic mass is 10.1. The van der Waals surface area contributed by atoms with Gasteiger partial charge in [-0.25, -0.2) is 4.79 Å². The van der Waals surface area contributed by atoms with E-state index in [0.717, 1.165) is 0 Å². The molecule has 1 rings (SSSR count). The fourth-order valence-corrected chi connectivity index (χ4v) is 1.16. The van der Waals surface area contributed by atoms with Crippen LogP contribution in [0.2, 0.25) is 0 Å². The van der Waals surface area contributed by atoms with E-state index in [-0.39, 0.29) is 18.4 Å². The minimum Gasteiger partial charge on any atom is -0.481 e. The summed E-state index contributed by atoms with van der Waals surface area (Å²) >= 11 is 0. The Morgan fingerprint density at radius 1 is 1.35 bits per heavy atom. The van der Waals surface area contributed by atoms with Gasteiger partial charge in [-0.05, 0) is 12.5 Å². The number of furan rings is 1. The van der Waals surface area contributed by atoms with Crippen LogP contribution in [0.15, 0.2) is 23.0 Å². The van der Waals surface area contributed by atoms with Crippen LogP contribution in [0, 0.1) is 0 Å². The number of carboxylic acid groups (broad SMARTS) is 2. The number of aliphatic carboxylic acids is 2. The number of hydrogen-bond acceptors (Lipinski definition) is 4. The summed E-state index contributed by atoms with van der Waals surface area (Å²) in [4.78, 5) is 32.6. The number of rotatable bonds is 6. The van der Waals surface area contributed by atoms with Gasteiger partial charge in [0.05, 0.1) is 11.8 Å². The molecule has 0 bridgehead atoms. The molecule has 0 aliphatic heterocycles. The van der Waals surface area contributed by atoms with Crippen molar-refractivity contribution in [1.82, 2.24) is 5.32 Å². The molecule has 0 spiro atoms. The van der Waals surface area contributed by atoms with Crippen molar-refractivity contribution in [2.45, 2.75) is 18.9 Å². The van der Waals surface area contributed by atoms with Gasteiger partial charge in [0, 0.05) is 6.42 Å². The third-order valence-electron chi connectivity index (χ3n) is 2.03. The van der Waals surface area contributed by atoms with E-state index in [4.69, 9.17) is 10.2 Å². The van der Waals surface area contributed by atoms with Crippen molar-refractivity contribution in [3.8, 4) is 0 Å². The average molecular weight is 241 g/mol. The van der Waals surface area contributed by atoms with Gasteiger partial charge in [-0.2, -0.15) is 0 Å². The molecule has 1 aromatic rings. The second-order valence-corrected chi connectivity index (χ2v) is 3.31. The zero-order chi connectivity index (χ0) is 12.8. The smallest absolute Gasteiger partial charge is 0.326 e. The maximum absolute atomic E-state index is 11.5. The Morgan fingerprint density at radius 2 is 2.06 bits per heavy atom. The molecule has 1 amide bonds. The van der Waals surface area contributed by atoms with Crippen LogP contribution >= 0.6 is 0 Å². The van der Waals surface area contributed by atoms with E-state index < -0.39 is 23.9 Å². The van der Waals surface area contributed by atoms with Crippen LogP contribution in [0.5, 0.6) is 0 Å². The van der Waals surface area contributed by atoms with E-state index >= 15 is 0 Å². The van der Waals surface area contributed by atoms with Gasteiger partial charge in [-0.3, -0.25) is 9.59 Å². The minimum atomic E-state index is -1.27. The largest absolute Gasteiger partial charge is 0.481 e. The minimum absolute atomic E-state index is 0.172. The van der Waals surface area contributed by atoms with E-state index in [1.807, 2.05) is 0 Å². The van der Waals surface area contributed by atoms with Crippen molar-refractivity contribution in [3.63, 3.8) is 0 Å². The number of hydrogen-bond donors (Lipinski definition) is 3. The number of carboxylic acids is 2. The van der Waals surface area contributed by atoms with Gasteiger partial charge in [0.1, 0.15) is 12.3 Å². The van der Waals surface area contributed by atoms with Crippen molar-refractivity contribution < 1.29 is 29.0 Å². The first-order chi connectivity index (χ1) is 8.00. The summed E-state index contributed by atoms with van der Waals surface area (Å²) in [7, 11) is 0. The zero-order valence-electron chi connectivity index (χ0n) is 8.75. The SMILES string of the molecule is O=C(O)CCC(NC(=O)c1ccoc1)C(=O)O. The predicted octanol–water partition coefficient (Wildman–Crippen LogP) is 0.327. The predicted molar refractivity (Wildman–Crippen MR) is 54.5 cm³/mol. The van der Waals surface area contributed by atoms with Crippen molar-refractivity contribution in [1.29, 1.82) is 0 Å². The second kappa shape index (κ2) is 5.69. The molecule has 0 aliphatic carbocycles. The summed E-state index contributed by atoms with van der Waals surface area (Å²) in [6.45, 7) is 0. The van der Waals surface area contributed by atoms with Gasteiger partial charge < -0.3 is 19.9 Å². The lowest BCUT2D eigenvalue weighted by Crippen LogP contribution is -2.40. The highest BCUT2D eigenvalue weighted by molar-refractivity contribution is 5.96. The molecule has 7 heteroatoms. The third kappa shape index (κ3) is 3.98. The Labute approximate surface area is 96.0 Å². The Hall–Kier alpha value is -2.31. The van der Waals surface area contributed by atoms with Crippen LogP contribution in [0.3, 0.4) is 0 Å². The van der Waals surface area contributed by atoms with Crippen molar-refractivity contribution in [3.05, 3.63) is 24.2 Å². The van der Waals surface area contributed by atoms with Gasteiger partial charge in [-0.15, -0.1) is 0 Å². The van der Waals surface area contributed by atoms with Crippen molar-refractivity contribution in [2.75, 3.05) is 0 Å². The second-order valence-electron chi connectivity index (χ2n) is 3.31. The molecule has 92 valence electrons. The molecule has 3 N–H and O–H groups in total. The highest BCUT2D eigenvalue weighted by atomic mass is 16.4. The topological polar surface area (TPSA) is 117 Å². The van der Waals surface area contributed by atoms with Crippen LogP contribution < -0.4 is 5.32 Å². The highest BCUT2D eigenvalue weighted by Crippen LogP contribution is 2.03. The molecule has 0 saturated heterocycles. The Kier molecular flexibility index (Phi) is 4.27. The summed E-state index contributed by atoms with van der Waals surface area (Å²) in [5, 5.41) is 19.5. The summed E-state index contributed by atoms with van der Waals surface area (Å²) in [6.07, 6.45) is 1.95. The van der Waals surface area contributed by atoms with Gasteiger partial charge in [0.25, 0.3) is 5.91 Å². The molecule has 1 atom stereocenters. The van der Waals surface area contributed by atoms with Crippen molar-refractivity contribution >= 4 is 17.8 Å². The fraction of sp³-hybridized carbons (Fsp3) is 0.300. The van der Waals surface area contributed by atoms with E-state index in [2.05, 4.69) is 9.73 Å². The molecule has 0 aromatic carbocycles. The Morgan fingerprint density at radius 3 is 2.53 bits per heavy atom. The Bertz CT molecular complexity index is 410. The van der Waals surface area contributed by atoms with E-state index in [1.165, 1.54) is 18.6 Å². The van der Waals surface area contributed by atoms with Gasteiger partial charge >= 0.3 is 11.9 Å². The summed E-state index contributed by atoms with van der Waals surface area (Å²) in [6, 6.07) is 0.152. The molecule has 1 unspecified atom stereocenters. The van der Waals surface area contributed by atoms with Crippen LogP contribution in [0.1, 0.15) is 23.2 Å². The van der Waals surface area contributed by atoms with Crippen molar-refractivity contribution in [2.24, 2.45) is 0 Å². The summed E-state index contributed by atoms with van der Waals surface area (Å²) in [5.41, 5.74) is 0.187. The molecule has 0 radical (unpaired) electrons. The third-order valence-corrected chi connectivity index (χ3v) is 2.03. The van der Waals surface area contributed by atoms with Crippen LogP contribution in [-0.2, 0) is 9.59 Å². The van der Waals surface area contributed by atoms with E-state index in [9.17, 15) is 14.4 Å². The number of carbonyl (C=O) groups excluding carboxylic acids is 1. The van der Waals surface area contributed by atoms with Gasteiger partial charge in [-0.1, -0.05) is 0 Å². The molecular weight excluding hydrogens is 230 g/mol.